The maximum atomic E-state index is 13.1. The molecule has 7 heteroatoms. The molecule has 2 amide bonds. The molecule has 1 aliphatic heterocycles. The summed E-state index contributed by atoms with van der Waals surface area (Å²) >= 11 is 0. The fourth-order valence-electron chi connectivity index (χ4n) is 3.18. The quantitative estimate of drug-likeness (QED) is 0.713. The molecule has 0 N–H and O–H groups in total. The second-order valence-electron chi connectivity index (χ2n) is 6.12. The number of carbonyl (C=O) groups is 1. The van der Waals surface area contributed by atoms with Gasteiger partial charge in [-0.05, 0) is 6.07 Å². The number of pyridine rings is 2. The lowest BCUT2D eigenvalue weighted by atomic mass is 10.1. The average Bonchev–Trinajstić information content (AvgIpc) is 3.00. The van der Waals surface area contributed by atoms with Crippen LogP contribution in [0.5, 0.6) is 0 Å². The van der Waals surface area contributed by atoms with E-state index in [-0.39, 0.29) is 18.1 Å². The molecule has 2 aromatic heterocycles. The van der Waals surface area contributed by atoms with Gasteiger partial charge < -0.3 is 4.57 Å². The van der Waals surface area contributed by atoms with Crippen LogP contribution in [-0.2, 0) is 7.05 Å². The van der Waals surface area contributed by atoms with Gasteiger partial charge in [0.05, 0.1) is 30.2 Å². The normalized spacial score (nSPS) is 16.9. The lowest BCUT2D eigenvalue weighted by Crippen LogP contribution is -2.35. The first-order valence-corrected chi connectivity index (χ1v) is 8.10. The lowest BCUT2D eigenvalue weighted by molar-refractivity contribution is 0.255. The van der Waals surface area contributed by atoms with Crippen LogP contribution in [-0.4, -0.2) is 28.2 Å². The molecule has 0 saturated carbocycles. The molecule has 3 heterocycles. The van der Waals surface area contributed by atoms with Gasteiger partial charge in [0.15, 0.2) is 0 Å². The van der Waals surface area contributed by atoms with Crippen molar-refractivity contribution in [3.63, 3.8) is 0 Å². The topological polar surface area (TPSA) is 82.2 Å². The molecule has 128 valence electrons. The minimum atomic E-state index is -0.667. The minimum Gasteiger partial charge on any atom is -0.318 e. The van der Waals surface area contributed by atoms with Gasteiger partial charge in [-0.3, -0.25) is 19.6 Å². The molecule has 0 unspecified atom stereocenters. The molecule has 1 fully saturated rings. The number of rotatable bonds is 2. The number of aromatic nitrogens is 2. The summed E-state index contributed by atoms with van der Waals surface area (Å²) in [6.45, 7) is 0.186. The maximum Gasteiger partial charge on any atom is 0.330 e. The Morgan fingerprint density at radius 3 is 2.77 bits per heavy atom. The Hall–Kier alpha value is -3.66. The van der Waals surface area contributed by atoms with Crippen LogP contribution in [0.4, 0.5) is 16.2 Å². The Bertz CT molecular complexity index is 1110. The molecule has 0 bridgehead atoms. The highest BCUT2D eigenvalue weighted by Crippen LogP contribution is 2.32. The van der Waals surface area contributed by atoms with Crippen LogP contribution in [0.25, 0.3) is 10.8 Å². The van der Waals surface area contributed by atoms with E-state index in [1.165, 1.54) is 20.4 Å². The van der Waals surface area contributed by atoms with Gasteiger partial charge in [-0.2, -0.15) is 5.26 Å². The van der Waals surface area contributed by atoms with Crippen LogP contribution in [0.3, 0.4) is 0 Å². The van der Waals surface area contributed by atoms with Crippen molar-refractivity contribution < 1.29 is 4.79 Å². The summed E-state index contributed by atoms with van der Waals surface area (Å²) in [6.07, 6.45) is 4.92. The van der Waals surface area contributed by atoms with Crippen LogP contribution in [0.15, 0.2) is 59.8 Å². The fourth-order valence-corrected chi connectivity index (χ4v) is 3.18. The van der Waals surface area contributed by atoms with Gasteiger partial charge in [-0.15, -0.1) is 0 Å². The van der Waals surface area contributed by atoms with Crippen LogP contribution in [0, 0.1) is 11.3 Å². The summed E-state index contributed by atoms with van der Waals surface area (Å²) < 4.78 is 1.43. The molecule has 4 rings (SSSR count). The van der Waals surface area contributed by atoms with Crippen molar-refractivity contribution in [2.45, 2.75) is 6.04 Å². The average molecular weight is 345 g/mol. The summed E-state index contributed by atoms with van der Waals surface area (Å²) in [5.74, 6) is 0. The molecule has 1 saturated heterocycles. The standard InChI is InChI=1S/C19H15N5O2/c1-22-7-6-14(8-18(22)25)23-12-15(9-20)24(19(23)26)17-11-21-10-13-4-2-3-5-16(13)17/h2-8,10-11,15H,12H2,1H3/t15-/m0/s1. The highest BCUT2D eigenvalue weighted by molar-refractivity contribution is 6.11. The number of aryl methyl sites for hydroxylation is 1. The van der Waals surface area contributed by atoms with Crippen molar-refractivity contribution in [2.75, 3.05) is 16.3 Å². The zero-order valence-corrected chi connectivity index (χ0v) is 14.0. The Kier molecular flexibility index (Phi) is 3.66. The van der Waals surface area contributed by atoms with Gasteiger partial charge in [0.25, 0.3) is 5.56 Å². The predicted molar refractivity (Wildman–Crippen MR) is 98.0 cm³/mol. The van der Waals surface area contributed by atoms with E-state index >= 15 is 0 Å². The zero-order chi connectivity index (χ0) is 18.3. The van der Waals surface area contributed by atoms with Crippen LogP contribution in [0.2, 0.25) is 0 Å². The number of carbonyl (C=O) groups excluding carboxylic acids is 1. The summed E-state index contributed by atoms with van der Waals surface area (Å²) in [7, 11) is 1.64. The number of hydrogen-bond acceptors (Lipinski definition) is 4. The number of anilines is 2. The van der Waals surface area contributed by atoms with E-state index in [1.54, 1.807) is 31.7 Å². The molecule has 0 aliphatic carbocycles. The van der Waals surface area contributed by atoms with Gasteiger partial charge in [0.1, 0.15) is 6.04 Å². The number of fused-ring (bicyclic) bond motifs is 1. The summed E-state index contributed by atoms with van der Waals surface area (Å²) in [5.41, 5.74) is 0.856. The third kappa shape index (κ3) is 2.40. The number of benzene rings is 1. The summed E-state index contributed by atoms with van der Waals surface area (Å²) in [4.78, 5) is 32.1. The lowest BCUT2D eigenvalue weighted by Gasteiger charge is -2.21. The summed E-state index contributed by atoms with van der Waals surface area (Å²) in [6, 6.07) is 11.9. The SMILES string of the molecule is Cn1ccc(N2C[C@H](C#N)N(c3cncc4ccccc34)C2=O)cc1=O. The van der Waals surface area contributed by atoms with Crippen LogP contribution in [0.1, 0.15) is 0 Å². The second-order valence-corrected chi connectivity index (χ2v) is 6.12. The first-order valence-electron chi connectivity index (χ1n) is 8.10. The molecule has 1 aromatic carbocycles. The van der Waals surface area contributed by atoms with Gasteiger partial charge >= 0.3 is 6.03 Å². The zero-order valence-electron chi connectivity index (χ0n) is 14.0. The van der Waals surface area contributed by atoms with Crippen molar-refractivity contribution in [1.29, 1.82) is 5.26 Å². The molecule has 0 radical (unpaired) electrons. The number of urea groups is 1. The molecule has 1 atom stereocenters. The number of amides is 2. The second kappa shape index (κ2) is 6.01. The molecule has 1 aliphatic rings. The molecule has 3 aromatic rings. The minimum absolute atomic E-state index is 0.186. The fraction of sp³-hybridized carbons (Fsp3) is 0.158. The Labute approximate surface area is 149 Å². The Morgan fingerprint density at radius 2 is 2.00 bits per heavy atom. The molecular formula is C19H15N5O2. The van der Waals surface area contributed by atoms with E-state index in [1.807, 2.05) is 24.3 Å². The number of hydrogen-bond donors (Lipinski definition) is 0. The Morgan fingerprint density at radius 1 is 1.19 bits per heavy atom. The van der Waals surface area contributed by atoms with Crippen molar-refractivity contribution in [2.24, 2.45) is 7.05 Å². The van der Waals surface area contributed by atoms with Crippen LogP contribution >= 0.6 is 0 Å². The van der Waals surface area contributed by atoms with E-state index in [2.05, 4.69) is 11.1 Å². The molecule has 7 nitrogen and oxygen atoms in total. The van der Waals surface area contributed by atoms with Crippen molar-refractivity contribution in [3.05, 3.63) is 65.3 Å². The summed E-state index contributed by atoms with van der Waals surface area (Å²) in [5, 5.41) is 11.3. The van der Waals surface area contributed by atoms with Crippen molar-refractivity contribution >= 4 is 28.2 Å². The predicted octanol–water partition coefficient (Wildman–Crippen LogP) is 2.27. The van der Waals surface area contributed by atoms with Crippen LogP contribution < -0.4 is 15.4 Å². The molecule has 0 spiro atoms. The Balaban J connectivity index is 1.81. The third-order valence-electron chi connectivity index (χ3n) is 4.56. The van der Waals surface area contributed by atoms with E-state index < -0.39 is 6.04 Å². The molecule has 26 heavy (non-hydrogen) atoms. The number of nitriles is 1. The van der Waals surface area contributed by atoms with Gasteiger partial charge in [0, 0.05) is 36.3 Å². The monoisotopic (exact) mass is 345 g/mol. The van der Waals surface area contributed by atoms with E-state index in [4.69, 9.17) is 0 Å². The van der Waals surface area contributed by atoms with Crippen molar-refractivity contribution in [1.82, 2.24) is 9.55 Å². The van der Waals surface area contributed by atoms with Gasteiger partial charge in [0.2, 0.25) is 0 Å². The molecular weight excluding hydrogens is 330 g/mol. The van der Waals surface area contributed by atoms with Gasteiger partial charge in [-0.25, -0.2) is 4.79 Å². The number of nitrogens with zero attached hydrogens (tertiary/aromatic N) is 5. The maximum absolute atomic E-state index is 13.1. The smallest absolute Gasteiger partial charge is 0.318 e. The largest absolute Gasteiger partial charge is 0.330 e. The van der Waals surface area contributed by atoms with E-state index in [0.717, 1.165) is 10.8 Å². The van der Waals surface area contributed by atoms with E-state index in [9.17, 15) is 14.9 Å². The first-order chi connectivity index (χ1) is 12.6. The third-order valence-corrected chi connectivity index (χ3v) is 4.56. The highest BCUT2D eigenvalue weighted by atomic mass is 16.2. The van der Waals surface area contributed by atoms with E-state index in [0.29, 0.717) is 11.4 Å². The van der Waals surface area contributed by atoms with Gasteiger partial charge in [-0.1, -0.05) is 24.3 Å². The highest BCUT2D eigenvalue weighted by Gasteiger charge is 2.40. The van der Waals surface area contributed by atoms with Crippen molar-refractivity contribution in [3.8, 4) is 6.07 Å². The first kappa shape index (κ1) is 15.8.